The number of anilines is 2. The predicted octanol–water partition coefficient (Wildman–Crippen LogP) is 7.95. The number of methoxy groups -OCH3 is 1. The van der Waals surface area contributed by atoms with E-state index in [1.165, 1.54) is 18.1 Å². The second-order valence-electron chi connectivity index (χ2n) is 16.6. The minimum atomic E-state index is -4.67. The van der Waals surface area contributed by atoms with Gasteiger partial charge in [-0.05, 0) is 125 Å². The number of piperidine rings is 2. The van der Waals surface area contributed by atoms with Crippen LogP contribution in [0.25, 0.3) is 10.9 Å². The molecule has 13 nitrogen and oxygen atoms in total. The van der Waals surface area contributed by atoms with Gasteiger partial charge >= 0.3 is 12.2 Å². The molecule has 2 N–H and O–H groups in total. The summed E-state index contributed by atoms with van der Waals surface area (Å²) in [5.74, 6) is -0.191. The van der Waals surface area contributed by atoms with E-state index in [-0.39, 0.29) is 41.9 Å². The fourth-order valence-corrected chi connectivity index (χ4v) is 9.48. The number of alkyl halides is 3. The van der Waals surface area contributed by atoms with Gasteiger partial charge in [0, 0.05) is 49.3 Å². The van der Waals surface area contributed by atoms with Gasteiger partial charge in [-0.25, -0.2) is 9.78 Å². The van der Waals surface area contributed by atoms with Crippen molar-refractivity contribution in [3.63, 3.8) is 0 Å². The summed E-state index contributed by atoms with van der Waals surface area (Å²) in [7, 11) is 1.46. The molecule has 1 saturated carbocycles. The maximum absolute atomic E-state index is 13.6. The number of carbonyl (C=O) groups is 4. The molecular formula is C43H48ClF3N8O5. The van der Waals surface area contributed by atoms with Crippen molar-refractivity contribution < 1.29 is 37.1 Å². The van der Waals surface area contributed by atoms with Gasteiger partial charge < -0.3 is 19.9 Å². The lowest BCUT2D eigenvalue weighted by molar-refractivity contribution is -0.141. The molecule has 1 aliphatic carbocycles. The van der Waals surface area contributed by atoms with Crippen LogP contribution in [0, 0.1) is 11.3 Å². The number of amides is 5. The molecule has 4 fully saturated rings. The molecule has 4 aliphatic rings. The number of imide groups is 1. The van der Waals surface area contributed by atoms with Crippen LogP contribution in [0.5, 0.6) is 5.75 Å². The van der Waals surface area contributed by atoms with Crippen LogP contribution >= 0.6 is 11.6 Å². The van der Waals surface area contributed by atoms with Crippen LogP contribution in [-0.2, 0) is 11.0 Å². The number of benzene rings is 2. The Kier molecular flexibility index (Phi) is 11.8. The topological polar surface area (TPSA) is 142 Å². The summed E-state index contributed by atoms with van der Waals surface area (Å²) >= 11 is 6.41. The van der Waals surface area contributed by atoms with Crippen molar-refractivity contribution in [1.29, 1.82) is 0 Å². The number of fused-ring (bicyclic) bond motifs is 1. The number of urea groups is 1. The monoisotopic (exact) mass is 848 g/mol. The highest BCUT2D eigenvalue weighted by molar-refractivity contribution is 6.34. The third-order valence-electron chi connectivity index (χ3n) is 13.0. The number of hydrogen-bond acceptors (Lipinski definition) is 8. The van der Waals surface area contributed by atoms with E-state index in [9.17, 15) is 32.3 Å². The molecule has 0 bridgehead atoms. The highest BCUT2D eigenvalue weighted by atomic mass is 35.5. The smallest absolute Gasteiger partial charge is 0.433 e. The number of carbonyl (C=O) groups excluding carboxylic acids is 4. The third kappa shape index (κ3) is 8.94. The summed E-state index contributed by atoms with van der Waals surface area (Å²) in [4.78, 5) is 59.9. The highest BCUT2D eigenvalue weighted by Crippen LogP contribution is 2.43. The number of rotatable bonds is 9. The number of hydrogen-bond donors (Lipinski definition) is 2. The summed E-state index contributed by atoms with van der Waals surface area (Å²) in [6, 6.07) is 11.3. The van der Waals surface area contributed by atoms with E-state index >= 15 is 0 Å². The summed E-state index contributed by atoms with van der Waals surface area (Å²) in [6.45, 7) is 4.79. The van der Waals surface area contributed by atoms with Crippen LogP contribution in [0.4, 0.5) is 29.3 Å². The third-order valence-corrected chi connectivity index (χ3v) is 13.3. The van der Waals surface area contributed by atoms with Crippen molar-refractivity contribution in [3.05, 3.63) is 76.7 Å². The van der Waals surface area contributed by atoms with Crippen LogP contribution in [0.3, 0.4) is 0 Å². The van der Waals surface area contributed by atoms with Crippen molar-refractivity contribution in [2.24, 2.45) is 11.3 Å². The van der Waals surface area contributed by atoms with E-state index in [0.717, 1.165) is 94.9 Å². The molecule has 60 heavy (non-hydrogen) atoms. The molecule has 0 unspecified atom stereocenters. The first-order valence-electron chi connectivity index (χ1n) is 20.6. The largest absolute Gasteiger partial charge is 0.494 e. The molecule has 8 rings (SSSR count). The Hall–Kier alpha value is -5.22. The number of ether oxygens (including phenoxy) is 1. The van der Waals surface area contributed by atoms with Gasteiger partial charge in [-0.2, -0.15) is 18.3 Å². The maximum Gasteiger partial charge on any atom is 0.433 e. The van der Waals surface area contributed by atoms with Crippen molar-refractivity contribution in [2.45, 2.75) is 76.4 Å². The van der Waals surface area contributed by atoms with Crippen molar-refractivity contribution >= 4 is 57.6 Å². The number of likely N-dealkylation sites (tertiary alicyclic amines) is 2. The van der Waals surface area contributed by atoms with Gasteiger partial charge in [0.25, 0.3) is 11.8 Å². The molecule has 3 saturated heterocycles. The highest BCUT2D eigenvalue weighted by Gasteiger charge is 2.39. The number of aromatic nitrogens is 3. The van der Waals surface area contributed by atoms with E-state index in [4.69, 9.17) is 21.4 Å². The van der Waals surface area contributed by atoms with Gasteiger partial charge in [-0.3, -0.25) is 29.3 Å². The van der Waals surface area contributed by atoms with Crippen LogP contribution in [-0.4, -0.2) is 94.7 Å². The Morgan fingerprint density at radius 3 is 2.40 bits per heavy atom. The Morgan fingerprint density at radius 1 is 0.967 bits per heavy atom. The van der Waals surface area contributed by atoms with Crippen molar-refractivity contribution in [2.75, 3.05) is 56.6 Å². The number of nitrogens with one attached hydrogen (secondary N) is 2. The molecule has 1 spiro atoms. The second kappa shape index (κ2) is 17.0. The molecule has 4 aromatic rings. The first-order valence-corrected chi connectivity index (χ1v) is 21.0. The molecule has 3 aliphatic heterocycles. The summed E-state index contributed by atoms with van der Waals surface area (Å²) < 4.78 is 47.0. The Morgan fingerprint density at radius 2 is 1.70 bits per heavy atom. The number of halogens is 4. The average Bonchev–Trinajstić information content (AvgIpc) is 3.66. The molecule has 318 valence electrons. The van der Waals surface area contributed by atoms with Gasteiger partial charge in [-0.15, -0.1) is 0 Å². The lowest BCUT2D eigenvalue weighted by Gasteiger charge is -2.47. The zero-order chi connectivity index (χ0) is 42.2. The summed E-state index contributed by atoms with van der Waals surface area (Å²) in [5, 5.41) is 10.9. The predicted molar refractivity (Wildman–Crippen MR) is 219 cm³/mol. The summed E-state index contributed by atoms with van der Waals surface area (Å²) in [5.41, 5.74) is 0.682. The first kappa shape index (κ1) is 41.5. The van der Waals surface area contributed by atoms with Gasteiger partial charge in [0.2, 0.25) is 5.91 Å². The van der Waals surface area contributed by atoms with Crippen molar-refractivity contribution in [3.8, 4) is 5.75 Å². The van der Waals surface area contributed by atoms with E-state index in [2.05, 4.69) is 20.5 Å². The zero-order valence-electron chi connectivity index (χ0n) is 33.4. The molecule has 5 amide bonds. The fraction of sp³-hybridized carbons (Fsp3) is 0.488. The first-order chi connectivity index (χ1) is 28.8. The van der Waals surface area contributed by atoms with Gasteiger partial charge in [0.1, 0.15) is 17.1 Å². The molecule has 2 aromatic carbocycles. The fourth-order valence-electron chi connectivity index (χ4n) is 9.26. The van der Waals surface area contributed by atoms with E-state index in [0.29, 0.717) is 52.2 Å². The standard InChI is InChI=1S/C43H48ClF3N8O5/c1-60-36-25-33-29(23-34(36)49-39(57)32-3-2-4-37(48-32)43(45,46)47)26-55(51-33)30-8-5-27(6-9-30)11-17-52-19-13-42(14-20-52)15-21-53(22-16-42)40(58)28-7-10-31(44)35(24-28)54-18-12-38(56)50-41(54)59/h2-4,7,10,23-27,30H,5-6,8-9,11-22H2,1H3,(H,49,57)(H,50,56,59). The lowest BCUT2D eigenvalue weighted by Crippen LogP contribution is -2.50. The summed E-state index contributed by atoms with van der Waals surface area (Å²) in [6.07, 6.45) is 7.03. The van der Waals surface area contributed by atoms with Gasteiger partial charge in [-0.1, -0.05) is 17.7 Å². The van der Waals surface area contributed by atoms with E-state index < -0.39 is 23.8 Å². The minimum Gasteiger partial charge on any atom is -0.494 e. The molecule has 17 heteroatoms. The molecular weight excluding hydrogens is 801 g/mol. The number of nitrogens with zero attached hydrogens (tertiary/aromatic N) is 6. The Bertz CT molecular complexity index is 2280. The Balaban J connectivity index is 0.786. The van der Waals surface area contributed by atoms with Crippen LogP contribution < -0.4 is 20.3 Å². The zero-order valence-corrected chi connectivity index (χ0v) is 34.2. The van der Waals surface area contributed by atoms with Gasteiger partial charge in [0.05, 0.1) is 35.1 Å². The molecule has 2 aromatic heterocycles. The lowest BCUT2D eigenvalue weighted by atomic mass is 9.71. The van der Waals surface area contributed by atoms with Crippen molar-refractivity contribution in [1.82, 2.24) is 29.9 Å². The normalized spacial score (nSPS) is 21.3. The molecule has 5 heterocycles. The molecule has 0 atom stereocenters. The number of pyridine rings is 1. The molecule has 0 radical (unpaired) electrons. The minimum absolute atomic E-state index is 0.0721. The second-order valence-corrected chi connectivity index (χ2v) is 17.0. The van der Waals surface area contributed by atoms with E-state index in [1.54, 1.807) is 30.3 Å². The van der Waals surface area contributed by atoms with Crippen LogP contribution in [0.2, 0.25) is 5.02 Å². The maximum atomic E-state index is 13.6. The van der Waals surface area contributed by atoms with Crippen LogP contribution in [0.15, 0.2) is 54.7 Å². The average molecular weight is 849 g/mol. The quantitative estimate of drug-likeness (QED) is 0.173. The van der Waals surface area contributed by atoms with Crippen LogP contribution in [0.1, 0.15) is 96.8 Å². The Labute approximate surface area is 350 Å². The SMILES string of the molecule is COc1cc2nn(C3CCC(CCN4CCC5(CC4)CCN(C(=O)c4ccc(Cl)c(N6CCC(=O)NC6=O)c4)CC5)CC3)cc2cc1NC(=O)c1cccc(C(F)(F)F)n1. The van der Waals surface area contributed by atoms with E-state index in [1.807, 2.05) is 15.8 Å². The van der Waals surface area contributed by atoms with Gasteiger partial charge in [0.15, 0.2) is 0 Å².